The zero-order valence-corrected chi connectivity index (χ0v) is 13.5. The lowest BCUT2D eigenvalue weighted by Gasteiger charge is -2.10. The number of nitrogens with one attached hydrogen (secondary N) is 3. The number of ether oxygens (including phenoxy) is 1. The zero-order chi connectivity index (χ0) is 16.8. The molecule has 0 saturated carbocycles. The van der Waals surface area contributed by atoms with Crippen molar-refractivity contribution < 1.29 is 22.7 Å². The molecular formula is C12H15N3O5S2. The largest absolute Gasteiger partial charge is 0.450 e. The van der Waals surface area contributed by atoms with E-state index in [4.69, 9.17) is 12.2 Å². The van der Waals surface area contributed by atoms with E-state index in [0.29, 0.717) is 5.69 Å². The number of rotatable bonds is 4. The zero-order valence-electron chi connectivity index (χ0n) is 11.9. The predicted molar refractivity (Wildman–Crippen MR) is 83.8 cm³/mol. The van der Waals surface area contributed by atoms with Crippen LogP contribution in [0, 0.1) is 0 Å². The molecule has 1 aromatic carbocycles. The number of hydrogen-bond acceptors (Lipinski definition) is 6. The van der Waals surface area contributed by atoms with Gasteiger partial charge in [-0.05, 0) is 43.4 Å². The van der Waals surface area contributed by atoms with Gasteiger partial charge in [0, 0.05) is 12.6 Å². The average Bonchev–Trinajstić information content (AvgIpc) is 2.37. The Bertz CT molecular complexity index is 671. The summed E-state index contributed by atoms with van der Waals surface area (Å²) in [6.07, 6.45) is -0.690. The molecular weight excluding hydrogens is 330 g/mol. The first-order valence-corrected chi connectivity index (χ1v) is 8.02. The van der Waals surface area contributed by atoms with Crippen LogP contribution in [0.1, 0.15) is 13.8 Å². The Morgan fingerprint density at radius 1 is 1.23 bits per heavy atom. The van der Waals surface area contributed by atoms with Crippen LogP contribution in [0.5, 0.6) is 0 Å². The van der Waals surface area contributed by atoms with Gasteiger partial charge >= 0.3 is 6.09 Å². The van der Waals surface area contributed by atoms with Crippen LogP contribution in [0.15, 0.2) is 29.2 Å². The van der Waals surface area contributed by atoms with Crippen molar-refractivity contribution in [2.24, 2.45) is 0 Å². The summed E-state index contributed by atoms with van der Waals surface area (Å²) in [5, 5.41) is 4.98. The van der Waals surface area contributed by atoms with Crippen molar-refractivity contribution in [2.75, 3.05) is 11.9 Å². The van der Waals surface area contributed by atoms with Gasteiger partial charge in [0.25, 0.3) is 10.0 Å². The fourth-order valence-corrected chi connectivity index (χ4v) is 2.58. The van der Waals surface area contributed by atoms with E-state index < -0.39 is 22.0 Å². The van der Waals surface area contributed by atoms with Crippen molar-refractivity contribution in [1.29, 1.82) is 0 Å². The molecule has 3 N–H and O–H groups in total. The number of thiocarbonyl (C=S) groups is 1. The van der Waals surface area contributed by atoms with E-state index in [2.05, 4.69) is 15.4 Å². The van der Waals surface area contributed by atoms with Gasteiger partial charge in [-0.1, -0.05) is 0 Å². The van der Waals surface area contributed by atoms with Crippen molar-refractivity contribution in [3.8, 4) is 0 Å². The van der Waals surface area contributed by atoms with Crippen LogP contribution < -0.4 is 15.4 Å². The molecule has 0 atom stereocenters. The highest BCUT2D eigenvalue weighted by atomic mass is 32.2. The number of anilines is 1. The van der Waals surface area contributed by atoms with Crippen molar-refractivity contribution in [3.63, 3.8) is 0 Å². The Labute approximate surface area is 133 Å². The molecule has 2 amide bonds. The van der Waals surface area contributed by atoms with E-state index in [0.717, 1.165) is 6.92 Å². The third kappa shape index (κ3) is 5.66. The Hall–Kier alpha value is -2.20. The Morgan fingerprint density at radius 2 is 1.82 bits per heavy atom. The van der Waals surface area contributed by atoms with Crippen LogP contribution in [0.2, 0.25) is 0 Å². The van der Waals surface area contributed by atoms with Crippen LogP contribution in [0.3, 0.4) is 0 Å². The molecule has 0 saturated heterocycles. The first-order valence-electron chi connectivity index (χ1n) is 6.13. The molecule has 0 heterocycles. The molecule has 120 valence electrons. The van der Waals surface area contributed by atoms with Gasteiger partial charge in [0.05, 0.1) is 11.5 Å². The SMILES string of the molecule is CCOC(=O)NC(=S)Nc1ccc(S(=O)(=O)NC(C)=O)cc1. The number of hydrogen-bond donors (Lipinski definition) is 3. The van der Waals surface area contributed by atoms with Gasteiger partial charge in [-0.25, -0.2) is 17.9 Å². The molecule has 0 bridgehead atoms. The summed E-state index contributed by atoms with van der Waals surface area (Å²) in [4.78, 5) is 21.9. The van der Waals surface area contributed by atoms with E-state index in [1.807, 2.05) is 4.72 Å². The number of benzene rings is 1. The maximum Gasteiger partial charge on any atom is 0.413 e. The normalized spacial score (nSPS) is 10.5. The number of sulfonamides is 1. The topological polar surface area (TPSA) is 114 Å². The minimum atomic E-state index is -3.88. The number of carbonyl (C=O) groups is 2. The van der Waals surface area contributed by atoms with Crippen LogP contribution in [-0.2, 0) is 19.6 Å². The van der Waals surface area contributed by atoms with Crippen LogP contribution in [0.25, 0.3) is 0 Å². The molecule has 0 spiro atoms. The second-order valence-electron chi connectivity index (χ2n) is 3.99. The Morgan fingerprint density at radius 3 is 2.32 bits per heavy atom. The predicted octanol–water partition coefficient (Wildman–Crippen LogP) is 0.954. The van der Waals surface area contributed by atoms with Gasteiger partial charge in [0.1, 0.15) is 0 Å². The maximum absolute atomic E-state index is 11.7. The first kappa shape index (κ1) is 17.9. The molecule has 0 radical (unpaired) electrons. The first-order chi connectivity index (χ1) is 10.2. The maximum atomic E-state index is 11.7. The second-order valence-corrected chi connectivity index (χ2v) is 6.08. The van der Waals surface area contributed by atoms with Gasteiger partial charge < -0.3 is 10.1 Å². The Kier molecular flexibility index (Phi) is 6.25. The summed E-state index contributed by atoms with van der Waals surface area (Å²) in [7, 11) is -3.88. The average molecular weight is 345 g/mol. The summed E-state index contributed by atoms with van der Waals surface area (Å²) >= 11 is 4.89. The van der Waals surface area contributed by atoms with Crippen LogP contribution in [0.4, 0.5) is 10.5 Å². The summed E-state index contributed by atoms with van der Waals surface area (Å²) in [6.45, 7) is 2.97. The number of alkyl carbamates (subject to hydrolysis) is 1. The monoisotopic (exact) mass is 345 g/mol. The molecule has 0 aliphatic carbocycles. The highest BCUT2D eigenvalue weighted by molar-refractivity contribution is 7.90. The lowest BCUT2D eigenvalue weighted by molar-refractivity contribution is -0.117. The van der Waals surface area contributed by atoms with E-state index in [9.17, 15) is 18.0 Å². The van der Waals surface area contributed by atoms with E-state index in [1.54, 1.807) is 6.92 Å². The molecule has 0 unspecified atom stereocenters. The number of amides is 2. The second kappa shape index (κ2) is 7.71. The molecule has 0 aliphatic rings. The van der Waals surface area contributed by atoms with Gasteiger partial charge in [-0.3, -0.25) is 10.1 Å². The lowest BCUT2D eigenvalue weighted by Crippen LogP contribution is -2.34. The van der Waals surface area contributed by atoms with Crippen LogP contribution in [-0.4, -0.2) is 32.1 Å². The van der Waals surface area contributed by atoms with E-state index in [-0.39, 0.29) is 16.6 Å². The summed E-state index contributed by atoms with van der Waals surface area (Å²) in [5.74, 6) is -0.679. The summed E-state index contributed by atoms with van der Waals surface area (Å²) < 4.78 is 30.0. The van der Waals surface area contributed by atoms with Gasteiger partial charge in [-0.2, -0.15) is 0 Å². The molecule has 0 fully saturated rings. The molecule has 1 rings (SSSR count). The third-order valence-electron chi connectivity index (χ3n) is 2.19. The highest BCUT2D eigenvalue weighted by Crippen LogP contribution is 2.13. The highest BCUT2D eigenvalue weighted by Gasteiger charge is 2.15. The van der Waals surface area contributed by atoms with E-state index in [1.165, 1.54) is 24.3 Å². The standard InChI is InChI=1S/C12H15N3O5S2/c1-3-20-12(17)14-11(21)13-9-4-6-10(7-5-9)22(18,19)15-8(2)16/h4-7H,3H2,1-2H3,(H,15,16)(H2,13,14,17,21). The molecule has 10 heteroatoms. The molecule has 0 aliphatic heterocycles. The van der Waals surface area contributed by atoms with Gasteiger partial charge in [-0.15, -0.1) is 0 Å². The fraction of sp³-hybridized carbons (Fsp3) is 0.250. The van der Waals surface area contributed by atoms with Gasteiger partial charge in [0.15, 0.2) is 5.11 Å². The van der Waals surface area contributed by atoms with E-state index >= 15 is 0 Å². The fourth-order valence-electron chi connectivity index (χ4n) is 1.39. The molecule has 1 aromatic rings. The minimum absolute atomic E-state index is 0.0101. The lowest BCUT2D eigenvalue weighted by atomic mass is 10.3. The summed E-state index contributed by atoms with van der Waals surface area (Å²) in [5.41, 5.74) is 0.462. The van der Waals surface area contributed by atoms with Gasteiger partial charge in [0.2, 0.25) is 5.91 Å². The molecule has 22 heavy (non-hydrogen) atoms. The van der Waals surface area contributed by atoms with Crippen molar-refractivity contribution in [2.45, 2.75) is 18.7 Å². The van der Waals surface area contributed by atoms with Crippen LogP contribution >= 0.6 is 12.2 Å². The molecule has 0 aromatic heterocycles. The summed E-state index contributed by atoms with van der Waals surface area (Å²) in [6, 6.07) is 5.46. The van der Waals surface area contributed by atoms with Crippen molar-refractivity contribution >= 4 is 45.0 Å². The smallest absolute Gasteiger partial charge is 0.413 e. The van der Waals surface area contributed by atoms with Crippen molar-refractivity contribution in [3.05, 3.63) is 24.3 Å². The van der Waals surface area contributed by atoms with Crippen molar-refractivity contribution in [1.82, 2.24) is 10.0 Å². The third-order valence-corrected chi connectivity index (χ3v) is 3.84. The minimum Gasteiger partial charge on any atom is -0.450 e. The quantitative estimate of drug-likeness (QED) is 0.696. The molecule has 8 nitrogen and oxygen atoms in total. The number of carbonyl (C=O) groups excluding carboxylic acids is 2. The Balaban J connectivity index is 2.71.